The van der Waals surface area contributed by atoms with Crippen LogP contribution in [0.3, 0.4) is 0 Å². The molecule has 0 fully saturated rings. The minimum atomic E-state index is 0.628. The molecule has 0 amide bonds. The second kappa shape index (κ2) is 10.8. The number of rotatable bonds is 4. The van der Waals surface area contributed by atoms with Crippen LogP contribution in [0.4, 0.5) is 0 Å². The lowest BCUT2D eigenvalue weighted by atomic mass is 10.1. The summed E-state index contributed by atoms with van der Waals surface area (Å²) in [4.78, 5) is 10.5. The molecule has 4 aromatic heterocycles. The van der Waals surface area contributed by atoms with Gasteiger partial charge in [0.05, 0.1) is 33.5 Å². The number of hydrogen-bond donors (Lipinski definition) is 0. The molecule has 11 aromatic rings. The molecule has 0 saturated carbocycles. The molecule has 51 heavy (non-hydrogen) atoms. The van der Waals surface area contributed by atoms with Gasteiger partial charge in [-0.05, 0) is 42.5 Å². The van der Waals surface area contributed by atoms with E-state index in [9.17, 15) is 0 Å². The Labute approximate surface area is 292 Å². The van der Waals surface area contributed by atoms with Gasteiger partial charge in [-0.2, -0.15) is 0 Å². The molecule has 4 heterocycles. The van der Waals surface area contributed by atoms with E-state index in [2.05, 4.69) is 161 Å². The first-order chi connectivity index (χ1) is 25.3. The molecule has 0 N–H and O–H groups in total. The Kier molecular flexibility index (Phi) is 5.89. The lowest BCUT2D eigenvalue weighted by Crippen LogP contribution is -2.04. The van der Waals surface area contributed by atoms with E-state index in [1.165, 1.54) is 0 Å². The van der Waals surface area contributed by atoms with Gasteiger partial charge in [0.25, 0.3) is 0 Å². The van der Waals surface area contributed by atoms with Crippen LogP contribution in [-0.4, -0.2) is 19.1 Å². The van der Waals surface area contributed by atoms with Gasteiger partial charge in [0, 0.05) is 49.1 Å². The summed E-state index contributed by atoms with van der Waals surface area (Å²) in [5, 5.41) is 6.81. The van der Waals surface area contributed by atoms with Crippen LogP contribution in [0.1, 0.15) is 0 Å². The Morgan fingerprint density at radius 2 is 0.980 bits per heavy atom. The van der Waals surface area contributed by atoms with E-state index in [1.54, 1.807) is 0 Å². The summed E-state index contributed by atoms with van der Waals surface area (Å²) in [6.45, 7) is 0. The van der Waals surface area contributed by atoms with Crippen molar-refractivity contribution in [1.82, 2.24) is 19.1 Å². The Balaban J connectivity index is 1.31. The highest BCUT2D eigenvalue weighted by molar-refractivity contribution is 6.29. The number of benzene rings is 7. The molecule has 0 aliphatic heterocycles. The molecule has 0 unspecified atom stereocenters. The summed E-state index contributed by atoms with van der Waals surface area (Å²) in [7, 11) is 0. The van der Waals surface area contributed by atoms with Crippen molar-refractivity contribution in [2.24, 2.45) is 0 Å². The van der Waals surface area contributed by atoms with Crippen LogP contribution in [-0.2, 0) is 0 Å². The molecular formula is C46H28N4O. The maximum atomic E-state index is 6.70. The second-order valence-electron chi connectivity index (χ2n) is 13.0. The van der Waals surface area contributed by atoms with Crippen molar-refractivity contribution in [1.29, 1.82) is 0 Å². The van der Waals surface area contributed by atoms with Crippen LogP contribution in [0.25, 0.3) is 99.7 Å². The first kappa shape index (κ1) is 27.9. The molecule has 11 rings (SSSR count). The third-order valence-electron chi connectivity index (χ3n) is 10.1. The number of furan rings is 1. The van der Waals surface area contributed by atoms with Gasteiger partial charge in [-0.25, -0.2) is 9.97 Å². The standard InChI is InChI=1S/C46H28N4O/c1-4-14-29(15-5-1)37-28-38(30-16-6-2-7-17-30)48-46(47-37)50-39-22-12-10-21-36(39)42-40(50)27-26-33-34-24-25-35-32-20-11-13-23-41(32)51-45(35)44(34)49(43(33)42)31-18-8-3-9-19-31/h1-28H. The molecular weight excluding hydrogens is 625 g/mol. The fraction of sp³-hybridized carbons (Fsp3) is 0. The first-order valence-corrected chi connectivity index (χ1v) is 17.2. The summed E-state index contributed by atoms with van der Waals surface area (Å²) < 4.78 is 11.3. The van der Waals surface area contributed by atoms with Crippen molar-refractivity contribution in [3.8, 4) is 34.2 Å². The average molecular weight is 653 g/mol. The van der Waals surface area contributed by atoms with Gasteiger partial charge in [-0.1, -0.05) is 127 Å². The van der Waals surface area contributed by atoms with Crippen LogP contribution in [0, 0.1) is 0 Å². The highest BCUT2D eigenvalue weighted by Gasteiger charge is 2.24. The van der Waals surface area contributed by atoms with Crippen molar-refractivity contribution in [2.45, 2.75) is 0 Å². The van der Waals surface area contributed by atoms with E-state index in [4.69, 9.17) is 14.4 Å². The monoisotopic (exact) mass is 652 g/mol. The molecule has 5 heteroatoms. The maximum absolute atomic E-state index is 6.70. The fourth-order valence-corrected chi connectivity index (χ4v) is 7.92. The minimum Gasteiger partial charge on any atom is -0.454 e. The van der Waals surface area contributed by atoms with Gasteiger partial charge in [0.2, 0.25) is 5.95 Å². The van der Waals surface area contributed by atoms with Gasteiger partial charge in [0.1, 0.15) is 5.58 Å². The number of hydrogen-bond acceptors (Lipinski definition) is 3. The molecule has 0 spiro atoms. The smallest absolute Gasteiger partial charge is 0.235 e. The number of nitrogens with zero attached hydrogens (tertiary/aromatic N) is 4. The average Bonchev–Trinajstić information content (AvgIpc) is 3.86. The van der Waals surface area contributed by atoms with Crippen LogP contribution in [0.5, 0.6) is 0 Å². The van der Waals surface area contributed by atoms with E-state index in [0.717, 1.165) is 93.8 Å². The zero-order valence-corrected chi connectivity index (χ0v) is 27.4. The third kappa shape index (κ3) is 4.09. The SMILES string of the molecule is c1ccc(-c2cc(-c3ccccc3)nc(-n3c4ccccc4c4c3ccc3c5ccc6c7ccccc7oc6c5n(-c5ccccc5)c34)n2)cc1. The zero-order valence-electron chi connectivity index (χ0n) is 27.4. The van der Waals surface area contributed by atoms with Crippen molar-refractivity contribution in [3.05, 3.63) is 170 Å². The number of fused-ring (bicyclic) bond motifs is 11. The normalized spacial score (nSPS) is 11.9. The Bertz CT molecular complexity index is 3060. The fourth-order valence-electron chi connectivity index (χ4n) is 7.92. The summed E-state index contributed by atoms with van der Waals surface area (Å²) in [6.07, 6.45) is 0. The molecule has 0 atom stereocenters. The van der Waals surface area contributed by atoms with Gasteiger partial charge < -0.3 is 8.98 Å². The van der Waals surface area contributed by atoms with Crippen LogP contribution < -0.4 is 0 Å². The molecule has 0 saturated heterocycles. The molecule has 5 nitrogen and oxygen atoms in total. The highest BCUT2D eigenvalue weighted by atomic mass is 16.3. The summed E-state index contributed by atoms with van der Waals surface area (Å²) in [5.41, 5.74) is 10.9. The van der Waals surface area contributed by atoms with Gasteiger partial charge >= 0.3 is 0 Å². The topological polar surface area (TPSA) is 48.8 Å². The van der Waals surface area contributed by atoms with Gasteiger partial charge in [0.15, 0.2) is 5.58 Å². The summed E-state index contributed by atoms with van der Waals surface area (Å²) in [5.74, 6) is 0.628. The largest absolute Gasteiger partial charge is 0.454 e. The minimum absolute atomic E-state index is 0.628. The molecule has 0 aliphatic carbocycles. The van der Waals surface area contributed by atoms with Crippen molar-refractivity contribution < 1.29 is 4.42 Å². The lowest BCUT2D eigenvalue weighted by molar-refractivity contribution is 0.671. The van der Waals surface area contributed by atoms with E-state index in [-0.39, 0.29) is 0 Å². The molecule has 0 aliphatic rings. The Hall–Kier alpha value is -6.98. The first-order valence-electron chi connectivity index (χ1n) is 17.2. The molecule has 238 valence electrons. The molecule has 0 radical (unpaired) electrons. The third-order valence-corrected chi connectivity index (χ3v) is 10.1. The van der Waals surface area contributed by atoms with E-state index in [0.29, 0.717) is 5.95 Å². The number of aromatic nitrogens is 4. The number of para-hydroxylation sites is 3. The second-order valence-corrected chi connectivity index (χ2v) is 13.0. The van der Waals surface area contributed by atoms with Crippen molar-refractivity contribution in [3.63, 3.8) is 0 Å². The highest BCUT2D eigenvalue weighted by Crippen LogP contribution is 2.45. The van der Waals surface area contributed by atoms with E-state index < -0.39 is 0 Å². The van der Waals surface area contributed by atoms with Crippen molar-refractivity contribution in [2.75, 3.05) is 0 Å². The maximum Gasteiger partial charge on any atom is 0.235 e. The van der Waals surface area contributed by atoms with Crippen LogP contribution in [0.2, 0.25) is 0 Å². The summed E-state index contributed by atoms with van der Waals surface area (Å²) in [6, 6.07) is 59.3. The predicted molar refractivity (Wildman–Crippen MR) is 209 cm³/mol. The van der Waals surface area contributed by atoms with Crippen LogP contribution >= 0.6 is 0 Å². The lowest BCUT2D eigenvalue weighted by Gasteiger charge is -2.12. The van der Waals surface area contributed by atoms with Crippen molar-refractivity contribution >= 4 is 65.6 Å². The van der Waals surface area contributed by atoms with Gasteiger partial charge in [-0.15, -0.1) is 0 Å². The summed E-state index contributed by atoms with van der Waals surface area (Å²) >= 11 is 0. The van der Waals surface area contributed by atoms with Gasteiger partial charge in [-0.3, -0.25) is 4.57 Å². The zero-order chi connectivity index (χ0) is 33.5. The van der Waals surface area contributed by atoms with Crippen LogP contribution in [0.15, 0.2) is 174 Å². The van der Waals surface area contributed by atoms with E-state index in [1.807, 2.05) is 18.2 Å². The predicted octanol–water partition coefficient (Wildman–Crippen LogP) is 11.9. The Morgan fingerprint density at radius 3 is 1.71 bits per heavy atom. The molecule has 0 bridgehead atoms. The quantitative estimate of drug-likeness (QED) is 0.190. The molecule has 7 aromatic carbocycles. The van der Waals surface area contributed by atoms with E-state index >= 15 is 0 Å². The Morgan fingerprint density at radius 1 is 0.412 bits per heavy atom.